The lowest BCUT2D eigenvalue weighted by Crippen LogP contribution is -2.25. The quantitative estimate of drug-likeness (QED) is 0.829. The van der Waals surface area contributed by atoms with E-state index in [4.69, 9.17) is 15.6 Å². The van der Waals surface area contributed by atoms with Crippen LogP contribution in [0.4, 0.5) is 9.18 Å². The van der Waals surface area contributed by atoms with E-state index in [9.17, 15) is 9.18 Å². The van der Waals surface area contributed by atoms with E-state index in [0.29, 0.717) is 0 Å². The highest BCUT2D eigenvalue weighted by Gasteiger charge is 2.19. The fourth-order valence-corrected chi connectivity index (χ4v) is 1.60. The number of hydrogen-bond acceptors (Lipinski definition) is 3. The van der Waals surface area contributed by atoms with Gasteiger partial charge in [-0.15, -0.1) is 0 Å². The maximum Gasteiger partial charge on any atom is 0.405 e. The third-order valence-electron chi connectivity index (χ3n) is 2.56. The lowest BCUT2D eigenvalue weighted by molar-refractivity contribution is 0.111. The smallest absolute Gasteiger partial charge is 0.405 e. The van der Waals surface area contributed by atoms with E-state index in [1.165, 1.54) is 6.08 Å². The second kappa shape index (κ2) is 7.53. The van der Waals surface area contributed by atoms with E-state index < -0.39 is 18.0 Å². The summed E-state index contributed by atoms with van der Waals surface area (Å²) in [5.41, 5.74) is 5.77. The van der Waals surface area contributed by atoms with E-state index in [1.54, 1.807) is 19.1 Å². The first-order chi connectivity index (χ1) is 9.02. The summed E-state index contributed by atoms with van der Waals surface area (Å²) in [6.07, 6.45) is -0.657. The molecule has 0 aromatic heterocycles. The third-order valence-corrected chi connectivity index (χ3v) is 2.56. The number of carbonyl (C=O) groups is 1. The number of halogens is 1. The molecule has 0 aliphatic heterocycles. The number of rotatable bonds is 6. The van der Waals surface area contributed by atoms with Gasteiger partial charge >= 0.3 is 6.09 Å². The van der Waals surface area contributed by atoms with Gasteiger partial charge in [0.1, 0.15) is 5.83 Å². The van der Waals surface area contributed by atoms with Gasteiger partial charge in [0.05, 0.1) is 0 Å². The Hall–Kier alpha value is -1.88. The number of aliphatic hydroxyl groups is 1. The molecule has 0 radical (unpaired) electrons. The fraction of sp³-hybridized carbons (Fsp3) is 0.357. The Morgan fingerprint density at radius 2 is 2.11 bits per heavy atom. The van der Waals surface area contributed by atoms with Crippen LogP contribution in [-0.2, 0) is 11.2 Å². The molecule has 2 atom stereocenters. The Morgan fingerprint density at radius 1 is 1.47 bits per heavy atom. The molecule has 19 heavy (non-hydrogen) atoms. The zero-order chi connectivity index (χ0) is 14.3. The molecule has 3 N–H and O–H groups in total. The van der Waals surface area contributed by atoms with Crippen LogP contribution in [0.15, 0.2) is 42.2 Å². The molecule has 5 heteroatoms. The molecule has 0 unspecified atom stereocenters. The van der Waals surface area contributed by atoms with Gasteiger partial charge in [-0.05, 0) is 11.6 Å². The normalized spacial score (nSPS) is 14.8. The standard InChI is InChI=1S/C14H18FNO3/c1-10(9-17)7-12(15)13(19-14(16)18)8-11-5-3-2-4-6-11/h2-7,10,13,17H,8-9H2,1H3,(H2,16,18)/b12-7-/t10-,13-/m1/s1. The second-order valence-corrected chi connectivity index (χ2v) is 4.33. The van der Waals surface area contributed by atoms with Gasteiger partial charge in [-0.1, -0.05) is 37.3 Å². The van der Waals surface area contributed by atoms with Crippen LogP contribution in [0.1, 0.15) is 12.5 Å². The Labute approximate surface area is 111 Å². The van der Waals surface area contributed by atoms with Crippen molar-refractivity contribution >= 4 is 6.09 Å². The number of primary amides is 1. The van der Waals surface area contributed by atoms with Crippen molar-refractivity contribution in [1.29, 1.82) is 0 Å². The monoisotopic (exact) mass is 267 g/mol. The molecular formula is C14H18FNO3. The minimum atomic E-state index is -1.06. The number of benzene rings is 1. The number of hydrogen-bond donors (Lipinski definition) is 2. The first-order valence-electron chi connectivity index (χ1n) is 6.01. The van der Waals surface area contributed by atoms with E-state index >= 15 is 0 Å². The molecule has 0 aliphatic carbocycles. The van der Waals surface area contributed by atoms with E-state index in [-0.39, 0.29) is 18.9 Å². The molecular weight excluding hydrogens is 249 g/mol. The highest BCUT2D eigenvalue weighted by molar-refractivity contribution is 5.65. The van der Waals surface area contributed by atoms with Crippen molar-refractivity contribution in [2.75, 3.05) is 6.61 Å². The van der Waals surface area contributed by atoms with Crippen LogP contribution in [0.25, 0.3) is 0 Å². The van der Waals surface area contributed by atoms with Crippen molar-refractivity contribution in [2.45, 2.75) is 19.4 Å². The van der Waals surface area contributed by atoms with Gasteiger partial charge in [0.2, 0.25) is 0 Å². The molecule has 0 heterocycles. The average Bonchev–Trinajstić information content (AvgIpc) is 2.38. The van der Waals surface area contributed by atoms with Gasteiger partial charge < -0.3 is 15.6 Å². The molecule has 0 saturated carbocycles. The van der Waals surface area contributed by atoms with Gasteiger partial charge in [-0.25, -0.2) is 9.18 Å². The number of aliphatic hydroxyl groups excluding tert-OH is 1. The molecule has 0 fully saturated rings. The summed E-state index contributed by atoms with van der Waals surface area (Å²) in [7, 11) is 0. The Kier molecular flexibility index (Phi) is 6.02. The summed E-state index contributed by atoms with van der Waals surface area (Å²) in [5, 5.41) is 8.89. The van der Waals surface area contributed by atoms with Crippen molar-refractivity contribution in [3.63, 3.8) is 0 Å². The minimum absolute atomic E-state index is 0.179. The zero-order valence-corrected chi connectivity index (χ0v) is 10.8. The lowest BCUT2D eigenvalue weighted by Gasteiger charge is -2.16. The largest absolute Gasteiger partial charge is 0.439 e. The van der Waals surface area contributed by atoms with Crippen LogP contribution < -0.4 is 5.73 Å². The summed E-state index contributed by atoms with van der Waals surface area (Å²) in [5.74, 6) is -0.959. The van der Waals surface area contributed by atoms with Gasteiger partial charge in [0.15, 0.2) is 6.10 Å². The van der Waals surface area contributed by atoms with Gasteiger partial charge in [0.25, 0.3) is 0 Å². The molecule has 1 aromatic carbocycles. The summed E-state index contributed by atoms with van der Waals surface area (Å²) >= 11 is 0. The SMILES string of the molecule is C[C@H](/C=C(\F)[C@@H](Cc1ccccc1)OC(N)=O)CO. The first-order valence-corrected chi connectivity index (χ1v) is 6.01. The molecule has 0 aliphatic rings. The van der Waals surface area contributed by atoms with Gasteiger partial charge in [0, 0.05) is 18.9 Å². The Balaban J connectivity index is 2.82. The van der Waals surface area contributed by atoms with Crippen molar-refractivity contribution in [2.24, 2.45) is 11.7 Å². The number of carbonyl (C=O) groups excluding carboxylic acids is 1. The van der Waals surface area contributed by atoms with Crippen molar-refractivity contribution < 1.29 is 19.0 Å². The van der Waals surface area contributed by atoms with E-state index in [1.807, 2.05) is 18.2 Å². The number of nitrogens with two attached hydrogens (primary N) is 1. The molecule has 1 aromatic rings. The summed E-state index contributed by atoms with van der Waals surface area (Å²) in [6.45, 7) is 1.48. The van der Waals surface area contributed by atoms with E-state index in [0.717, 1.165) is 5.56 Å². The topological polar surface area (TPSA) is 72.5 Å². The average molecular weight is 267 g/mol. The van der Waals surface area contributed by atoms with Crippen molar-refractivity contribution in [1.82, 2.24) is 0 Å². The predicted octanol–water partition coefficient (Wildman–Crippen LogP) is 2.17. The molecule has 1 amide bonds. The number of amides is 1. The number of ether oxygens (including phenoxy) is 1. The minimum Gasteiger partial charge on any atom is -0.439 e. The third kappa shape index (κ3) is 5.52. The van der Waals surface area contributed by atoms with Crippen LogP contribution in [-0.4, -0.2) is 23.9 Å². The molecule has 0 bridgehead atoms. The summed E-state index contributed by atoms with van der Waals surface area (Å²) in [4.78, 5) is 10.8. The van der Waals surface area contributed by atoms with Crippen LogP contribution in [0.5, 0.6) is 0 Å². The maximum absolute atomic E-state index is 14.0. The molecule has 0 saturated heterocycles. The van der Waals surface area contributed by atoms with Crippen LogP contribution in [0.2, 0.25) is 0 Å². The first kappa shape index (κ1) is 15.2. The predicted molar refractivity (Wildman–Crippen MR) is 70.0 cm³/mol. The second-order valence-electron chi connectivity index (χ2n) is 4.33. The van der Waals surface area contributed by atoms with Gasteiger partial charge in [-0.3, -0.25) is 0 Å². The highest BCUT2D eigenvalue weighted by atomic mass is 19.1. The van der Waals surface area contributed by atoms with Crippen LogP contribution in [0.3, 0.4) is 0 Å². The molecule has 104 valence electrons. The Morgan fingerprint density at radius 3 is 2.63 bits per heavy atom. The highest BCUT2D eigenvalue weighted by Crippen LogP contribution is 2.17. The summed E-state index contributed by atoms with van der Waals surface area (Å²) < 4.78 is 18.7. The molecule has 1 rings (SSSR count). The van der Waals surface area contributed by atoms with E-state index in [2.05, 4.69) is 0 Å². The molecule has 0 spiro atoms. The Bertz CT molecular complexity index is 434. The molecule has 4 nitrogen and oxygen atoms in total. The van der Waals surface area contributed by atoms with Crippen LogP contribution in [0, 0.1) is 5.92 Å². The summed E-state index contributed by atoms with van der Waals surface area (Å²) in [6, 6.07) is 9.08. The van der Waals surface area contributed by atoms with Crippen LogP contribution >= 0.6 is 0 Å². The maximum atomic E-state index is 14.0. The van der Waals surface area contributed by atoms with Crippen molar-refractivity contribution in [3.8, 4) is 0 Å². The van der Waals surface area contributed by atoms with Gasteiger partial charge in [-0.2, -0.15) is 0 Å². The fourth-order valence-electron chi connectivity index (χ4n) is 1.60. The zero-order valence-electron chi connectivity index (χ0n) is 10.8. The van der Waals surface area contributed by atoms with Crippen molar-refractivity contribution in [3.05, 3.63) is 47.8 Å². The lowest BCUT2D eigenvalue weighted by atomic mass is 10.0.